The molecule has 0 N–H and O–H groups in total. The normalized spacial score (nSPS) is 37.3. The van der Waals surface area contributed by atoms with Crippen molar-refractivity contribution in [2.75, 3.05) is 26.4 Å². The lowest BCUT2D eigenvalue weighted by Gasteiger charge is -2.39. The van der Waals surface area contributed by atoms with Gasteiger partial charge in [-0.05, 0) is 12.8 Å². The maximum absolute atomic E-state index is 6.03. The van der Waals surface area contributed by atoms with Gasteiger partial charge in [-0.2, -0.15) is 0 Å². The van der Waals surface area contributed by atoms with Crippen LogP contribution in [0.15, 0.2) is 24.3 Å². The summed E-state index contributed by atoms with van der Waals surface area (Å²) in [6.45, 7) is 11.6. The second kappa shape index (κ2) is 7.12. The highest BCUT2D eigenvalue weighted by Crippen LogP contribution is 2.39. The topological polar surface area (TPSA) is 36.9 Å². The molecule has 2 aliphatic heterocycles. The van der Waals surface area contributed by atoms with Crippen molar-refractivity contribution in [3.05, 3.63) is 35.4 Å². The molecule has 134 valence electrons. The van der Waals surface area contributed by atoms with Gasteiger partial charge in [0.15, 0.2) is 12.6 Å². The summed E-state index contributed by atoms with van der Waals surface area (Å²) in [6, 6.07) is 8.13. The maximum atomic E-state index is 6.03. The van der Waals surface area contributed by atoms with E-state index in [4.69, 9.17) is 18.9 Å². The molecule has 0 bridgehead atoms. The largest absolute Gasteiger partial charge is 0.348 e. The van der Waals surface area contributed by atoms with Gasteiger partial charge in [0.05, 0.1) is 26.4 Å². The molecule has 0 radical (unpaired) electrons. The number of ether oxygens (including phenoxy) is 4. The van der Waals surface area contributed by atoms with Crippen molar-refractivity contribution in [2.24, 2.45) is 10.8 Å². The summed E-state index contributed by atoms with van der Waals surface area (Å²) in [5.74, 6) is 0. The summed E-state index contributed by atoms with van der Waals surface area (Å²) >= 11 is 0. The molecule has 2 aliphatic rings. The van der Waals surface area contributed by atoms with Crippen LogP contribution in [-0.2, 0) is 18.9 Å². The van der Waals surface area contributed by atoms with Crippen LogP contribution in [-0.4, -0.2) is 26.4 Å². The molecule has 4 nitrogen and oxygen atoms in total. The third kappa shape index (κ3) is 3.67. The summed E-state index contributed by atoms with van der Waals surface area (Å²) in [6.07, 6.45) is 1.41. The Labute approximate surface area is 145 Å². The molecule has 0 atom stereocenters. The van der Waals surface area contributed by atoms with E-state index in [-0.39, 0.29) is 23.4 Å². The Morgan fingerprint density at radius 1 is 0.750 bits per heavy atom. The van der Waals surface area contributed by atoms with E-state index >= 15 is 0 Å². The van der Waals surface area contributed by atoms with Crippen molar-refractivity contribution >= 4 is 0 Å². The monoisotopic (exact) mass is 334 g/mol. The Bertz CT molecular complexity index is 491. The van der Waals surface area contributed by atoms with Crippen molar-refractivity contribution in [3.63, 3.8) is 0 Å². The Morgan fingerprint density at radius 2 is 1.08 bits per heavy atom. The van der Waals surface area contributed by atoms with Gasteiger partial charge >= 0.3 is 0 Å². The second-order valence-corrected chi connectivity index (χ2v) is 7.87. The highest BCUT2D eigenvalue weighted by Gasteiger charge is 2.36. The molecule has 24 heavy (non-hydrogen) atoms. The van der Waals surface area contributed by atoms with Gasteiger partial charge in [-0.15, -0.1) is 0 Å². The first kappa shape index (κ1) is 17.9. The fourth-order valence-corrected chi connectivity index (χ4v) is 2.99. The van der Waals surface area contributed by atoms with Crippen LogP contribution in [0.2, 0.25) is 0 Å². The smallest absolute Gasteiger partial charge is 0.184 e. The van der Waals surface area contributed by atoms with Gasteiger partial charge in [0.2, 0.25) is 0 Å². The Balaban J connectivity index is 1.73. The molecular formula is C20H30O4. The Kier molecular flexibility index (Phi) is 5.30. The number of benzene rings is 1. The predicted octanol–water partition coefficient (Wildman–Crippen LogP) is 4.61. The van der Waals surface area contributed by atoms with Gasteiger partial charge in [-0.3, -0.25) is 0 Å². The first-order valence-electron chi connectivity index (χ1n) is 9.04. The fourth-order valence-electron chi connectivity index (χ4n) is 2.99. The highest BCUT2D eigenvalue weighted by atomic mass is 16.7. The minimum Gasteiger partial charge on any atom is -0.348 e. The van der Waals surface area contributed by atoms with Crippen molar-refractivity contribution in [3.8, 4) is 0 Å². The van der Waals surface area contributed by atoms with E-state index in [0.717, 1.165) is 24.0 Å². The lowest BCUT2D eigenvalue weighted by atomic mass is 9.88. The minimum atomic E-state index is -0.340. The summed E-state index contributed by atoms with van der Waals surface area (Å²) in [5, 5.41) is 0. The van der Waals surface area contributed by atoms with Crippen molar-refractivity contribution in [1.82, 2.24) is 0 Å². The molecule has 0 aromatic heterocycles. The fraction of sp³-hybridized carbons (Fsp3) is 0.700. The standard InChI is InChI=1S/C20H30O4/c1-5-19(3)11-21-17(22-12-19)15-9-7-8-10-16(15)18-23-13-20(4,6-2)14-24-18/h7-10,17-18H,5-6,11-14H2,1-4H3. The molecule has 0 aliphatic carbocycles. The summed E-state index contributed by atoms with van der Waals surface area (Å²) in [4.78, 5) is 0. The van der Waals surface area contributed by atoms with Crippen LogP contribution in [0.25, 0.3) is 0 Å². The third-order valence-electron chi connectivity index (χ3n) is 5.54. The Hall–Kier alpha value is -0.940. The summed E-state index contributed by atoms with van der Waals surface area (Å²) < 4.78 is 24.1. The lowest BCUT2D eigenvalue weighted by Crippen LogP contribution is -2.37. The molecule has 0 unspecified atom stereocenters. The van der Waals surface area contributed by atoms with Crippen molar-refractivity contribution in [2.45, 2.75) is 53.1 Å². The molecule has 3 rings (SSSR count). The molecule has 0 amide bonds. The van der Waals surface area contributed by atoms with E-state index in [1.165, 1.54) is 0 Å². The van der Waals surface area contributed by atoms with Crippen LogP contribution in [0.4, 0.5) is 0 Å². The zero-order valence-electron chi connectivity index (χ0n) is 15.3. The van der Waals surface area contributed by atoms with Crippen LogP contribution in [0.5, 0.6) is 0 Å². The van der Waals surface area contributed by atoms with E-state index in [1.54, 1.807) is 0 Å². The lowest BCUT2D eigenvalue weighted by molar-refractivity contribution is -0.242. The van der Waals surface area contributed by atoms with Crippen LogP contribution < -0.4 is 0 Å². The molecule has 0 saturated carbocycles. The summed E-state index contributed by atoms with van der Waals surface area (Å²) in [5.41, 5.74) is 2.24. The highest BCUT2D eigenvalue weighted by molar-refractivity contribution is 5.30. The van der Waals surface area contributed by atoms with Crippen molar-refractivity contribution in [1.29, 1.82) is 0 Å². The Morgan fingerprint density at radius 3 is 1.38 bits per heavy atom. The third-order valence-corrected chi connectivity index (χ3v) is 5.54. The van der Waals surface area contributed by atoms with Gasteiger partial charge in [-0.1, -0.05) is 52.0 Å². The van der Waals surface area contributed by atoms with Crippen LogP contribution in [0.1, 0.15) is 64.2 Å². The van der Waals surface area contributed by atoms with E-state index in [9.17, 15) is 0 Å². The number of hydrogen-bond acceptors (Lipinski definition) is 4. The van der Waals surface area contributed by atoms with E-state index < -0.39 is 0 Å². The molecule has 1 aromatic rings. The summed E-state index contributed by atoms with van der Waals surface area (Å²) in [7, 11) is 0. The van der Waals surface area contributed by atoms with Gasteiger partial charge in [0, 0.05) is 22.0 Å². The number of hydrogen-bond donors (Lipinski definition) is 0. The molecule has 0 spiro atoms. The van der Waals surface area contributed by atoms with E-state index in [1.807, 2.05) is 12.1 Å². The predicted molar refractivity (Wildman–Crippen MR) is 92.5 cm³/mol. The average Bonchev–Trinajstić information content (AvgIpc) is 2.63. The first-order valence-corrected chi connectivity index (χ1v) is 9.04. The van der Waals surface area contributed by atoms with E-state index in [2.05, 4.69) is 39.8 Å². The van der Waals surface area contributed by atoms with Gasteiger partial charge in [0.25, 0.3) is 0 Å². The van der Waals surface area contributed by atoms with Crippen LogP contribution in [0, 0.1) is 10.8 Å². The molecule has 2 fully saturated rings. The first-order chi connectivity index (χ1) is 11.5. The SMILES string of the molecule is CCC1(C)COC(c2ccccc2C2OCC(C)(CC)CO2)OC1. The zero-order valence-corrected chi connectivity index (χ0v) is 15.3. The average molecular weight is 334 g/mol. The minimum absolute atomic E-state index is 0.103. The van der Waals surface area contributed by atoms with Gasteiger partial charge < -0.3 is 18.9 Å². The molecular weight excluding hydrogens is 304 g/mol. The second-order valence-electron chi connectivity index (χ2n) is 7.87. The quantitative estimate of drug-likeness (QED) is 0.806. The molecule has 2 heterocycles. The van der Waals surface area contributed by atoms with Gasteiger partial charge in [-0.25, -0.2) is 0 Å². The van der Waals surface area contributed by atoms with E-state index in [0.29, 0.717) is 26.4 Å². The van der Waals surface area contributed by atoms with Crippen LogP contribution >= 0.6 is 0 Å². The van der Waals surface area contributed by atoms with Crippen molar-refractivity contribution < 1.29 is 18.9 Å². The number of rotatable bonds is 4. The molecule has 1 aromatic carbocycles. The van der Waals surface area contributed by atoms with Crippen LogP contribution in [0.3, 0.4) is 0 Å². The molecule has 4 heteroatoms. The zero-order chi connectivity index (χ0) is 17.2. The maximum Gasteiger partial charge on any atom is 0.184 e. The van der Waals surface area contributed by atoms with Gasteiger partial charge in [0.1, 0.15) is 0 Å². The molecule has 2 saturated heterocycles.